The second-order valence-electron chi connectivity index (χ2n) is 4.27. The van der Waals surface area contributed by atoms with E-state index >= 15 is 0 Å². The lowest BCUT2D eigenvalue weighted by atomic mass is 9.90. The number of hydrogen-bond donors (Lipinski definition) is 0. The van der Waals surface area contributed by atoms with Gasteiger partial charge in [-0.2, -0.15) is 0 Å². The number of carbonyl (C=O) groups excluding carboxylic acids is 1. The minimum Gasteiger partial charge on any atom is -0.465 e. The Bertz CT molecular complexity index is 367. The van der Waals surface area contributed by atoms with Crippen molar-refractivity contribution < 1.29 is 9.53 Å². The topological polar surface area (TPSA) is 29.5 Å². The van der Waals surface area contributed by atoms with E-state index in [0.29, 0.717) is 5.92 Å². The highest BCUT2D eigenvalue weighted by molar-refractivity contribution is 7.12. The van der Waals surface area contributed by atoms with Gasteiger partial charge in [0.05, 0.1) is 7.11 Å². The molecule has 1 saturated heterocycles. The van der Waals surface area contributed by atoms with Crippen molar-refractivity contribution in [1.29, 1.82) is 0 Å². The van der Waals surface area contributed by atoms with Crippen molar-refractivity contribution >= 4 is 17.3 Å². The number of nitrogens with zero attached hydrogens (tertiary/aromatic N) is 1. The molecule has 1 aromatic rings. The van der Waals surface area contributed by atoms with Gasteiger partial charge in [0.1, 0.15) is 4.88 Å². The molecular weight excluding hydrogens is 222 g/mol. The van der Waals surface area contributed by atoms with Gasteiger partial charge in [0.25, 0.3) is 0 Å². The first-order chi connectivity index (χ1) is 7.72. The van der Waals surface area contributed by atoms with Crippen LogP contribution in [0.2, 0.25) is 0 Å². The number of ether oxygens (including phenoxy) is 1. The molecule has 2 heterocycles. The van der Waals surface area contributed by atoms with Crippen LogP contribution >= 0.6 is 11.3 Å². The smallest absolute Gasteiger partial charge is 0.348 e. The molecule has 0 aliphatic carbocycles. The van der Waals surface area contributed by atoms with Crippen LogP contribution in [0.5, 0.6) is 0 Å². The zero-order valence-electron chi connectivity index (χ0n) is 9.73. The van der Waals surface area contributed by atoms with Crippen molar-refractivity contribution in [3.8, 4) is 0 Å². The van der Waals surface area contributed by atoms with Gasteiger partial charge in [-0.1, -0.05) is 0 Å². The summed E-state index contributed by atoms with van der Waals surface area (Å²) in [5.41, 5.74) is 1.19. The van der Waals surface area contributed by atoms with Crippen LogP contribution in [0, 0.1) is 0 Å². The van der Waals surface area contributed by atoms with Crippen LogP contribution in [0.3, 0.4) is 0 Å². The summed E-state index contributed by atoms with van der Waals surface area (Å²) in [6.07, 6.45) is 2.27. The molecule has 0 bridgehead atoms. The number of carbonyl (C=O) groups is 1. The van der Waals surface area contributed by atoms with Crippen molar-refractivity contribution in [2.75, 3.05) is 27.2 Å². The molecule has 1 aliphatic heterocycles. The highest BCUT2D eigenvalue weighted by atomic mass is 32.1. The van der Waals surface area contributed by atoms with Crippen molar-refractivity contribution in [1.82, 2.24) is 4.90 Å². The molecule has 2 rings (SSSR count). The molecule has 1 aromatic heterocycles. The highest BCUT2D eigenvalue weighted by Gasteiger charge is 2.24. The molecule has 0 unspecified atom stereocenters. The monoisotopic (exact) mass is 239 g/mol. The summed E-state index contributed by atoms with van der Waals surface area (Å²) in [6.45, 7) is 2.22. The van der Waals surface area contributed by atoms with Gasteiger partial charge >= 0.3 is 5.97 Å². The van der Waals surface area contributed by atoms with Crippen molar-refractivity contribution in [3.05, 3.63) is 21.9 Å². The van der Waals surface area contributed by atoms with Gasteiger partial charge in [-0.05, 0) is 55.9 Å². The number of esters is 1. The first kappa shape index (κ1) is 11.6. The molecule has 3 nitrogen and oxygen atoms in total. The molecule has 0 saturated carbocycles. The summed E-state index contributed by atoms with van der Waals surface area (Å²) in [5.74, 6) is 0.334. The van der Waals surface area contributed by atoms with Crippen LogP contribution in [0.4, 0.5) is 0 Å². The molecule has 16 heavy (non-hydrogen) atoms. The van der Waals surface area contributed by atoms with Crippen LogP contribution in [0.15, 0.2) is 11.4 Å². The van der Waals surface area contributed by atoms with E-state index in [0.717, 1.165) is 30.8 Å². The third-order valence-electron chi connectivity index (χ3n) is 3.22. The second-order valence-corrected chi connectivity index (χ2v) is 5.19. The molecular formula is C12H17NO2S. The molecule has 1 aliphatic rings. The van der Waals surface area contributed by atoms with E-state index in [9.17, 15) is 4.79 Å². The quantitative estimate of drug-likeness (QED) is 0.742. The van der Waals surface area contributed by atoms with Crippen molar-refractivity contribution in [3.63, 3.8) is 0 Å². The molecule has 0 atom stereocenters. The van der Waals surface area contributed by atoms with E-state index in [4.69, 9.17) is 4.74 Å². The van der Waals surface area contributed by atoms with Crippen molar-refractivity contribution in [2.24, 2.45) is 0 Å². The zero-order chi connectivity index (χ0) is 11.5. The summed E-state index contributed by atoms with van der Waals surface area (Å²) < 4.78 is 4.81. The summed E-state index contributed by atoms with van der Waals surface area (Å²) >= 11 is 1.49. The van der Waals surface area contributed by atoms with Crippen LogP contribution < -0.4 is 0 Å². The van der Waals surface area contributed by atoms with Gasteiger partial charge in [-0.3, -0.25) is 0 Å². The van der Waals surface area contributed by atoms with Crippen molar-refractivity contribution in [2.45, 2.75) is 18.8 Å². The third kappa shape index (κ3) is 2.28. The number of piperidine rings is 1. The Labute approximate surface area is 100 Å². The summed E-state index contributed by atoms with van der Waals surface area (Å²) in [4.78, 5) is 14.7. The Hall–Kier alpha value is -0.870. The lowest BCUT2D eigenvalue weighted by Gasteiger charge is -2.29. The van der Waals surface area contributed by atoms with E-state index < -0.39 is 0 Å². The van der Waals surface area contributed by atoms with E-state index in [1.807, 2.05) is 5.38 Å². The van der Waals surface area contributed by atoms with Gasteiger partial charge < -0.3 is 9.64 Å². The number of thiophene rings is 1. The minimum absolute atomic E-state index is 0.191. The molecule has 4 heteroatoms. The predicted molar refractivity (Wildman–Crippen MR) is 65.1 cm³/mol. The predicted octanol–water partition coefficient (Wildman–Crippen LogP) is 2.34. The summed E-state index contributed by atoms with van der Waals surface area (Å²) in [6, 6.07) is 2.08. The fraction of sp³-hybridized carbons (Fsp3) is 0.583. The molecule has 0 amide bonds. The standard InChI is InChI=1S/C12H17NO2S/c1-13-6-3-9(4-7-13)10-5-8-16-11(10)12(14)15-2/h5,8-9H,3-4,6-7H2,1-2H3. The Morgan fingerprint density at radius 3 is 2.81 bits per heavy atom. The van der Waals surface area contributed by atoms with E-state index in [2.05, 4.69) is 18.0 Å². The number of hydrogen-bond acceptors (Lipinski definition) is 4. The average Bonchev–Trinajstić information content (AvgIpc) is 2.78. The maximum absolute atomic E-state index is 11.6. The first-order valence-electron chi connectivity index (χ1n) is 5.56. The lowest BCUT2D eigenvalue weighted by Crippen LogP contribution is -2.29. The van der Waals surface area contributed by atoms with Gasteiger partial charge in [-0.25, -0.2) is 4.79 Å². The van der Waals surface area contributed by atoms with Gasteiger partial charge in [0, 0.05) is 0 Å². The Morgan fingerprint density at radius 2 is 2.19 bits per heavy atom. The molecule has 0 spiro atoms. The molecule has 0 radical (unpaired) electrons. The SMILES string of the molecule is COC(=O)c1sccc1C1CCN(C)CC1. The molecule has 0 N–H and O–H groups in total. The largest absolute Gasteiger partial charge is 0.465 e. The fourth-order valence-electron chi connectivity index (χ4n) is 2.22. The second kappa shape index (κ2) is 4.97. The van der Waals surface area contributed by atoms with Crippen LogP contribution in [0.1, 0.15) is 34.0 Å². The zero-order valence-corrected chi connectivity index (χ0v) is 10.5. The maximum Gasteiger partial charge on any atom is 0.348 e. The average molecular weight is 239 g/mol. The van der Waals surface area contributed by atoms with E-state index in [1.54, 1.807) is 0 Å². The third-order valence-corrected chi connectivity index (χ3v) is 4.14. The van der Waals surface area contributed by atoms with Gasteiger partial charge in [0.15, 0.2) is 0 Å². The Morgan fingerprint density at radius 1 is 1.50 bits per heavy atom. The van der Waals surface area contributed by atoms with Crippen LogP contribution in [-0.4, -0.2) is 38.1 Å². The lowest BCUT2D eigenvalue weighted by molar-refractivity contribution is 0.0604. The van der Waals surface area contributed by atoms with E-state index in [-0.39, 0.29) is 5.97 Å². The van der Waals surface area contributed by atoms with Gasteiger partial charge in [0.2, 0.25) is 0 Å². The van der Waals surface area contributed by atoms with E-state index in [1.165, 1.54) is 24.0 Å². The van der Waals surface area contributed by atoms with Crippen LogP contribution in [0.25, 0.3) is 0 Å². The first-order valence-corrected chi connectivity index (χ1v) is 6.44. The Kier molecular flexibility index (Phi) is 3.61. The van der Waals surface area contributed by atoms with Gasteiger partial charge in [-0.15, -0.1) is 11.3 Å². The highest BCUT2D eigenvalue weighted by Crippen LogP contribution is 2.32. The summed E-state index contributed by atoms with van der Waals surface area (Å²) in [5, 5.41) is 1.99. The molecule has 1 fully saturated rings. The minimum atomic E-state index is -0.191. The number of likely N-dealkylation sites (tertiary alicyclic amines) is 1. The Balaban J connectivity index is 2.14. The van der Waals surface area contributed by atoms with Crippen LogP contribution in [-0.2, 0) is 4.74 Å². The maximum atomic E-state index is 11.6. The fourth-order valence-corrected chi connectivity index (χ4v) is 3.12. The summed E-state index contributed by atoms with van der Waals surface area (Å²) in [7, 11) is 3.59. The molecule has 88 valence electrons. The number of methoxy groups -OCH3 is 1. The molecule has 0 aromatic carbocycles. The number of rotatable bonds is 2. The normalized spacial score (nSPS) is 18.6.